The van der Waals surface area contributed by atoms with Crippen LogP contribution in [0.15, 0.2) is 53.3 Å². The van der Waals surface area contributed by atoms with Crippen molar-refractivity contribution in [3.05, 3.63) is 70.1 Å². The largest absolute Gasteiger partial charge is 0.341 e. The number of Topliss-reactive ketones (excluding diaryl/α,β-unsaturated/α-hetero) is 1. The highest BCUT2D eigenvalue weighted by atomic mass is 16.2. The molecule has 5 nitrogen and oxygen atoms in total. The maximum atomic E-state index is 12.6. The molecule has 0 N–H and O–H groups in total. The van der Waals surface area contributed by atoms with Gasteiger partial charge in [0.25, 0.3) is 5.56 Å². The number of benzene rings is 1. The number of hydrogen-bond donors (Lipinski definition) is 0. The molecular formula is C20H20N2O3. The second kappa shape index (κ2) is 6.31. The van der Waals surface area contributed by atoms with Crippen LogP contribution in [0.3, 0.4) is 0 Å². The van der Waals surface area contributed by atoms with Crippen LogP contribution in [0.25, 0.3) is 0 Å². The normalized spacial score (nSPS) is 21.5. The molecule has 2 aliphatic rings. The van der Waals surface area contributed by atoms with E-state index < -0.39 is 0 Å². The van der Waals surface area contributed by atoms with E-state index in [1.807, 2.05) is 16.7 Å². The van der Waals surface area contributed by atoms with Gasteiger partial charge in [-0.15, -0.1) is 0 Å². The highest BCUT2D eigenvalue weighted by Crippen LogP contribution is 2.35. The van der Waals surface area contributed by atoms with Crippen LogP contribution >= 0.6 is 0 Å². The number of likely N-dealkylation sites (tertiary alicyclic amines) is 1. The summed E-state index contributed by atoms with van der Waals surface area (Å²) in [7, 11) is 0. The fourth-order valence-electron chi connectivity index (χ4n) is 4.08. The SMILES string of the molecule is O=C(CC(=O)N1C[C@@H]2C[C@H](C1)c1cccc(=O)n1C2)c1ccccc1. The summed E-state index contributed by atoms with van der Waals surface area (Å²) in [6, 6.07) is 14.3. The highest BCUT2D eigenvalue weighted by Gasteiger charge is 2.36. The second-order valence-corrected chi connectivity index (χ2v) is 6.96. The molecule has 2 aliphatic heterocycles. The van der Waals surface area contributed by atoms with Crippen LogP contribution in [-0.4, -0.2) is 34.2 Å². The van der Waals surface area contributed by atoms with Crippen molar-refractivity contribution < 1.29 is 9.59 Å². The van der Waals surface area contributed by atoms with Crippen LogP contribution in [0, 0.1) is 5.92 Å². The first-order valence-electron chi connectivity index (χ1n) is 8.67. The van der Waals surface area contributed by atoms with E-state index in [0.29, 0.717) is 25.2 Å². The number of rotatable bonds is 3. The van der Waals surface area contributed by atoms with E-state index >= 15 is 0 Å². The second-order valence-electron chi connectivity index (χ2n) is 6.96. The van der Waals surface area contributed by atoms with Crippen molar-refractivity contribution in [2.75, 3.05) is 13.1 Å². The Balaban J connectivity index is 1.49. The average Bonchev–Trinajstić information content (AvgIpc) is 2.63. The topological polar surface area (TPSA) is 59.4 Å². The van der Waals surface area contributed by atoms with E-state index in [0.717, 1.165) is 12.1 Å². The molecule has 1 amide bonds. The van der Waals surface area contributed by atoms with Crippen molar-refractivity contribution in [2.45, 2.75) is 25.3 Å². The number of amides is 1. The lowest BCUT2D eigenvalue weighted by Gasteiger charge is -2.42. The minimum atomic E-state index is -0.141. The van der Waals surface area contributed by atoms with Crippen molar-refractivity contribution >= 4 is 11.7 Å². The van der Waals surface area contributed by atoms with Crippen molar-refractivity contribution in [1.82, 2.24) is 9.47 Å². The molecule has 128 valence electrons. The number of pyridine rings is 1. The number of ketones is 1. The third-order valence-electron chi connectivity index (χ3n) is 5.24. The summed E-state index contributed by atoms with van der Waals surface area (Å²) < 4.78 is 1.84. The van der Waals surface area contributed by atoms with Crippen LogP contribution in [0.1, 0.15) is 34.8 Å². The van der Waals surface area contributed by atoms with Crippen LogP contribution in [0.4, 0.5) is 0 Å². The highest BCUT2D eigenvalue weighted by molar-refractivity contribution is 6.07. The van der Waals surface area contributed by atoms with E-state index in [1.54, 1.807) is 41.3 Å². The lowest BCUT2D eigenvalue weighted by molar-refractivity contribution is -0.132. The first-order valence-corrected chi connectivity index (χ1v) is 8.67. The Hall–Kier alpha value is -2.69. The molecule has 0 saturated carbocycles. The Bertz CT molecular complexity index is 872. The summed E-state index contributed by atoms with van der Waals surface area (Å²) in [5.41, 5.74) is 1.62. The predicted molar refractivity (Wildman–Crippen MR) is 93.5 cm³/mol. The molecule has 0 unspecified atom stereocenters. The Morgan fingerprint density at radius 3 is 2.56 bits per heavy atom. The lowest BCUT2D eigenvalue weighted by Crippen LogP contribution is -2.49. The summed E-state index contributed by atoms with van der Waals surface area (Å²) in [6.07, 6.45) is 0.908. The molecule has 4 rings (SSSR count). The predicted octanol–water partition coefficient (Wildman–Crippen LogP) is 2.07. The Labute approximate surface area is 145 Å². The van der Waals surface area contributed by atoms with Crippen molar-refractivity contribution in [3.8, 4) is 0 Å². The fourth-order valence-corrected chi connectivity index (χ4v) is 4.08. The molecule has 1 fully saturated rings. The number of carbonyl (C=O) groups excluding carboxylic acids is 2. The van der Waals surface area contributed by atoms with E-state index in [-0.39, 0.29) is 35.5 Å². The number of aromatic nitrogens is 1. The molecule has 0 aliphatic carbocycles. The molecule has 0 spiro atoms. The smallest absolute Gasteiger partial charge is 0.250 e. The summed E-state index contributed by atoms with van der Waals surface area (Å²) >= 11 is 0. The molecule has 2 atom stereocenters. The Kier molecular flexibility index (Phi) is 3.99. The van der Waals surface area contributed by atoms with Gasteiger partial charge in [0.15, 0.2) is 5.78 Å². The molecule has 0 radical (unpaired) electrons. The van der Waals surface area contributed by atoms with Gasteiger partial charge in [0.2, 0.25) is 5.91 Å². The molecule has 5 heteroatoms. The van der Waals surface area contributed by atoms with Crippen molar-refractivity contribution in [2.24, 2.45) is 5.92 Å². The van der Waals surface area contributed by atoms with Gasteiger partial charge in [-0.05, 0) is 18.4 Å². The molecule has 1 aromatic carbocycles. The average molecular weight is 336 g/mol. The molecule has 25 heavy (non-hydrogen) atoms. The minimum Gasteiger partial charge on any atom is -0.341 e. The first kappa shape index (κ1) is 15.8. The van der Waals surface area contributed by atoms with Crippen LogP contribution in [-0.2, 0) is 11.3 Å². The van der Waals surface area contributed by atoms with E-state index in [1.165, 1.54) is 0 Å². The zero-order chi connectivity index (χ0) is 17.4. The van der Waals surface area contributed by atoms with Gasteiger partial charge in [-0.1, -0.05) is 36.4 Å². The molecule has 2 bridgehead atoms. The monoisotopic (exact) mass is 336 g/mol. The van der Waals surface area contributed by atoms with Crippen LogP contribution in [0.5, 0.6) is 0 Å². The number of carbonyl (C=O) groups is 2. The minimum absolute atomic E-state index is 0.0335. The summed E-state index contributed by atoms with van der Waals surface area (Å²) in [5.74, 6) is 0.201. The zero-order valence-corrected chi connectivity index (χ0v) is 13.9. The molecular weight excluding hydrogens is 316 g/mol. The van der Waals surface area contributed by atoms with Gasteiger partial charge >= 0.3 is 0 Å². The molecule has 3 heterocycles. The number of hydrogen-bond acceptors (Lipinski definition) is 3. The van der Waals surface area contributed by atoms with Crippen molar-refractivity contribution in [3.63, 3.8) is 0 Å². The first-order chi connectivity index (χ1) is 12.1. The number of nitrogens with zero attached hydrogens (tertiary/aromatic N) is 2. The zero-order valence-electron chi connectivity index (χ0n) is 13.9. The summed E-state index contributed by atoms with van der Waals surface area (Å²) in [5, 5.41) is 0. The third-order valence-corrected chi connectivity index (χ3v) is 5.24. The standard InChI is InChI=1S/C20H20N2O3/c23-18(15-5-2-1-3-6-15)10-20(25)21-11-14-9-16(13-21)17-7-4-8-19(24)22(17)12-14/h1-8,14,16H,9-13H2/t14-,16+/m0/s1. The number of fused-ring (bicyclic) bond motifs is 4. The van der Waals surface area contributed by atoms with E-state index in [4.69, 9.17) is 0 Å². The van der Waals surface area contributed by atoms with Gasteiger partial charge < -0.3 is 9.47 Å². The summed E-state index contributed by atoms with van der Waals surface area (Å²) in [4.78, 5) is 38.8. The molecule has 1 aromatic heterocycles. The van der Waals surface area contributed by atoms with Gasteiger partial charge in [-0.3, -0.25) is 14.4 Å². The number of piperidine rings is 1. The van der Waals surface area contributed by atoms with Gasteiger partial charge in [-0.25, -0.2) is 0 Å². The van der Waals surface area contributed by atoms with Gasteiger partial charge in [0, 0.05) is 42.9 Å². The fraction of sp³-hybridized carbons (Fsp3) is 0.350. The van der Waals surface area contributed by atoms with Gasteiger partial charge in [-0.2, -0.15) is 0 Å². The van der Waals surface area contributed by atoms with Crippen LogP contribution in [0.2, 0.25) is 0 Å². The molecule has 1 saturated heterocycles. The Morgan fingerprint density at radius 1 is 0.960 bits per heavy atom. The van der Waals surface area contributed by atoms with Gasteiger partial charge in [0.1, 0.15) is 0 Å². The summed E-state index contributed by atoms with van der Waals surface area (Å²) in [6.45, 7) is 1.86. The lowest BCUT2D eigenvalue weighted by atomic mass is 9.83. The van der Waals surface area contributed by atoms with Crippen LogP contribution < -0.4 is 5.56 Å². The van der Waals surface area contributed by atoms with Gasteiger partial charge in [0.05, 0.1) is 6.42 Å². The third kappa shape index (κ3) is 3.02. The molecule has 2 aromatic rings. The quantitative estimate of drug-likeness (QED) is 0.637. The maximum absolute atomic E-state index is 12.6. The van der Waals surface area contributed by atoms with E-state index in [9.17, 15) is 14.4 Å². The van der Waals surface area contributed by atoms with E-state index in [2.05, 4.69) is 0 Å². The van der Waals surface area contributed by atoms with Crippen molar-refractivity contribution in [1.29, 1.82) is 0 Å². The Morgan fingerprint density at radius 2 is 1.76 bits per heavy atom. The maximum Gasteiger partial charge on any atom is 0.250 e.